The van der Waals surface area contributed by atoms with Gasteiger partial charge >= 0.3 is 0 Å². The Morgan fingerprint density at radius 3 is 2.27 bits per heavy atom. The molecule has 2 aromatic carbocycles. The molecule has 0 amide bonds. The summed E-state index contributed by atoms with van der Waals surface area (Å²) in [6, 6.07) is 12.5. The number of hydrogen-bond donors (Lipinski definition) is 0. The Labute approximate surface area is 148 Å². The van der Waals surface area contributed by atoms with Crippen molar-refractivity contribution in [2.24, 2.45) is 0 Å². The third-order valence-electron chi connectivity index (χ3n) is 2.96. The molecule has 0 N–H and O–H groups in total. The summed E-state index contributed by atoms with van der Waals surface area (Å²) in [5, 5.41) is 0.850. The fourth-order valence-corrected chi connectivity index (χ4v) is 2.73. The number of carbonyl (C=O) groups excluding carboxylic acids is 1. The zero-order valence-corrected chi connectivity index (χ0v) is 15.2. The molecule has 0 unspecified atom stereocenters. The SMILES string of the molecule is CN(C)C=C(C(=O)c1ccc(Cl)cc1Cl)c1ccc(Br)cc1. The monoisotopic (exact) mass is 397 g/mol. The van der Waals surface area contributed by atoms with Gasteiger partial charge in [0.1, 0.15) is 0 Å². The second kappa shape index (κ2) is 7.32. The lowest BCUT2D eigenvalue weighted by Crippen LogP contribution is -2.09. The molecule has 5 heteroatoms. The van der Waals surface area contributed by atoms with Crippen LogP contribution < -0.4 is 0 Å². The fraction of sp³-hybridized carbons (Fsp3) is 0.118. The first kappa shape index (κ1) is 17.1. The molecule has 0 saturated carbocycles. The molecule has 2 aromatic rings. The number of benzene rings is 2. The predicted molar refractivity (Wildman–Crippen MR) is 96.6 cm³/mol. The molecule has 0 fully saturated rings. The van der Waals surface area contributed by atoms with Crippen LogP contribution in [0.1, 0.15) is 15.9 Å². The standard InChI is InChI=1S/C17H14BrCl2NO/c1-21(2)10-15(11-3-5-12(18)6-4-11)17(22)14-8-7-13(19)9-16(14)20/h3-10H,1-2H3. The second-order valence-electron chi connectivity index (χ2n) is 4.97. The molecule has 0 heterocycles. The van der Waals surface area contributed by atoms with Crippen molar-refractivity contribution in [2.45, 2.75) is 0 Å². The van der Waals surface area contributed by atoms with Crippen molar-refractivity contribution in [3.8, 4) is 0 Å². The third kappa shape index (κ3) is 4.13. The first-order chi connectivity index (χ1) is 10.4. The maximum Gasteiger partial charge on any atom is 0.196 e. The minimum atomic E-state index is -0.141. The van der Waals surface area contributed by atoms with Crippen LogP contribution in [0.2, 0.25) is 10.0 Å². The number of hydrogen-bond acceptors (Lipinski definition) is 2. The fourth-order valence-electron chi connectivity index (χ4n) is 1.97. The number of nitrogens with zero attached hydrogens (tertiary/aromatic N) is 1. The van der Waals surface area contributed by atoms with E-state index < -0.39 is 0 Å². The van der Waals surface area contributed by atoms with Gasteiger partial charge < -0.3 is 4.90 Å². The van der Waals surface area contributed by atoms with Gasteiger partial charge in [0.2, 0.25) is 0 Å². The summed E-state index contributed by atoms with van der Waals surface area (Å²) >= 11 is 15.5. The van der Waals surface area contributed by atoms with E-state index in [-0.39, 0.29) is 5.78 Å². The summed E-state index contributed by atoms with van der Waals surface area (Å²) in [6.45, 7) is 0. The van der Waals surface area contributed by atoms with E-state index in [0.29, 0.717) is 21.2 Å². The van der Waals surface area contributed by atoms with E-state index >= 15 is 0 Å². The minimum Gasteiger partial charge on any atom is -0.383 e. The van der Waals surface area contributed by atoms with E-state index in [2.05, 4.69) is 15.9 Å². The van der Waals surface area contributed by atoms with Gasteiger partial charge in [-0.3, -0.25) is 4.79 Å². The van der Waals surface area contributed by atoms with Crippen LogP contribution in [0.4, 0.5) is 0 Å². The van der Waals surface area contributed by atoms with E-state index in [4.69, 9.17) is 23.2 Å². The number of halogens is 3. The summed E-state index contributed by atoms with van der Waals surface area (Å²) < 4.78 is 0.956. The average Bonchev–Trinajstić information content (AvgIpc) is 2.45. The highest BCUT2D eigenvalue weighted by Crippen LogP contribution is 2.27. The van der Waals surface area contributed by atoms with E-state index in [0.717, 1.165) is 10.0 Å². The van der Waals surface area contributed by atoms with Crippen LogP contribution in [0.15, 0.2) is 53.1 Å². The number of rotatable bonds is 4. The maximum atomic E-state index is 12.9. The Morgan fingerprint density at radius 1 is 1.09 bits per heavy atom. The van der Waals surface area contributed by atoms with Crippen molar-refractivity contribution >= 4 is 50.5 Å². The van der Waals surface area contributed by atoms with Gasteiger partial charge in [0.05, 0.1) is 5.02 Å². The van der Waals surface area contributed by atoms with Gasteiger partial charge in [0.15, 0.2) is 5.78 Å². The van der Waals surface area contributed by atoms with E-state index in [1.165, 1.54) is 0 Å². The molecule has 22 heavy (non-hydrogen) atoms. The van der Waals surface area contributed by atoms with Crippen molar-refractivity contribution in [1.82, 2.24) is 4.90 Å². The first-order valence-electron chi connectivity index (χ1n) is 6.52. The molecule has 0 aliphatic carbocycles. The minimum absolute atomic E-state index is 0.141. The Morgan fingerprint density at radius 2 is 1.73 bits per heavy atom. The van der Waals surface area contributed by atoms with Gasteiger partial charge in [-0.1, -0.05) is 51.3 Å². The highest BCUT2D eigenvalue weighted by molar-refractivity contribution is 9.10. The largest absolute Gasteiger partial charge is 0.383 e. The van der Waals surface area contributed by atoms with Gasteiger partial charge in [-0.2, -0.15) is 0 Å². The van der Waals surface area contributed by atoms with E-state index in [1.807, 2.05) is 43.3 Å². The molecule has 0 spiro atoms. The van der Waals surface area contributed by atoms with E-state index in [1.54, 1.807) is 24.4 Å². The lowest BCUT2D eigenvalue weighted by Gasteiger charge is -2.13. The molecule has 0 saturated heterocycles. The third-order valence-corrected chi connectivity index (χ3v) is 4.04. The lowest BCUT2D eigenvalue weighted by atomic mass is 9.97. The predicted octanol–water partition coefficient (Wildman–Crippen LogP) is 5.54. The van der Waals surface area contributed by atoms with Gasteiger partial charge in [-0.05, 0) is 35.9 Å². The number of ketones is 1. The van der Waals surface area contributed by atoms with Crippen LogP contribution in [-0.4, -0.2) is 24.8 Å². The molecule has 0 radical (unpaired) electrons. The molecule has 2 rings (SSSR count). The Balaban J connectivity index is 2.50. The number of Topliss-reactive ketones (excluding diaryl/α,β-unsaturated/α-hetero) is 1. The van der Waals surface area contributed by atoms with E-state index in [9.17, 15) is 4.79 Å². The smallest absolute Gasteiger partial charge is 0.196 e. The average molecular weight is 399 g/mol. The summed E-state index contributed by atoms with van der Waals surface area (Å²) in [6.07, 6.45) is 1.79. The van der Waals surface area contributed by atoms with Crippen LogP contribution >= 0.6 is 39.1 Å². The summed E-state index contributed by atoms with van der Waals surface area (Å²) in [4.78, 5) is 14.7. The molecule has 0 bridgehead atoms. The maximum absolute atomic E-state index is 12.9. The van der Waals surface area contributed by atoms with Gasteiger partial charge in [0, 0.05) is 40.9 Å². The van der Waals surface area contributed by atoms with Gasteiger partial charge in [-0.15, -0.1) is 0 Å². The zero-order valence-electron chi connectivity index (χ0n) is 12.1. The van der Waals surface area contributed by atoms with Crippen LogP contribution in [0, 0.1) is 0 Å². The number of allylic oxidation sites excluding steroid dienone is 1. The molecular formula is C17H14BrCl2NO. The van der Waals surface area contributed by atoms with Crippen molar-refractivity contribution in [3.05, 3.63) is 74.3 Å². The molecule has 0 atom stereocenters. The molecular weight excluding hydrogens is 385 g/mol. The first-order valence-corrected chi connectivity index (χ1v) is 8.07. The van der Waals surface area contributed by atoms with Crippen molar-refractivity contribution in [1.29, 1.82) is 0 Å². The topological polar surface area (TPSA) is 20.3 Å². The summed E-state index contributed by atoms with van der Waals surface area (Å²) in [7, 11) is 3.74. The molecule has 0 aliphatic rings. The highest BCUT2D eigenvalue weighted by Gasteiger charge is 2.18. The number of carbonyl (C=O) groups is 1. The Hall–Kier alpha value is -1.29. The molecule has 0 aromatic heterocycles. The Bertz CT molecular complexity index is 724. The van der Waals surface area contributed by atoms with Crippen LogP contribution in [0.25, 0.3) is 5.57 Å². The van der Waals surface area contributed by atoms with Crippen LogP contribution in [0.3, 0.4) is 0 Å². The lowest BCUT2D eigenvalue weighted by molar-refractivity contribution is 0.105. The highest BCUT2D eigenvalue weighted by atomic mass is 79.9. The summed E-state index contributed by atoms with van der Waals surface area (Å²) in [5.74, 6) is -0.141. The molecule has 2 nitrogen and oxygen atoms in total. The van der Waals surface area contributed by atoms with Crippen molar-refractivity contribution in [2.75, 3.05) is 14.1 Å². The second-order valence-corrected chi connectivity index (χ2v) is 6.73. The quantitative estimate of drug-likeness (QED) is 0.497. The van der Waals surface area contributed by atoms with Crippen LogP contribution in [0.5, 0.6) is 0 Å². The Kier molecular flexibility index (Phi) is 5.68. The zero-order chi connectivity index (χ0) is 16.3. The van der Waals surface area contributed by atoms with Gasteiger partial charge in [-0.25, -0.2) is 0 Å². The molecule has 114 valence electrons. The van der Waals surface area contributed by atoms with Crippen molar-refractivity contribution < 1.29 is 4.79 Å². The summed E-state index contributed by atoms with van der Waals surface area (Å²) in [5.41, 5.74) is 1.83. The van der Waals surface area contributed by atoms with Crippen LogP contribution in [-0.2, 0) is 0 Å². The van der Waals surface area contributed by atoms with Crippen molar-refractivity contribution in [3.63, 3.8) is 0 Å². The van der Waals surface area contributed by atoms with Gasteiger partial charge in [0.25, 0.3) is 0 Å². The normalized spacial score (nSPS) is 11.4. The molecule has 0 aliphatic heterocycles.